The number of hydrogen-bond donors (Lipinski definition) is 1. The number of nitrogens with one attached hydrogen (secondary N) is 1. The van der Waals surface area contributed by atoms with Crippen molar-refractivity contribution in [3.05, 3.63) is 106 Å². The molecule has 0 unspecified atom stereocenters. The van der Waals surface area contributed by atoms with Crippen molar-refractivity contribution in [1.29, 1.82) is 0 Å². The Kier molecular flexibility index (Phi) is 6.82. The monoisotopic (exact) mass is 638 g/mol. The first kappa shape index (κ1) is 25.0. The number of aromatic nitrogens is 7. The summed E-state index contributed by atoms with van der Waals surface area (Å²) in [6, 6.07) is 25.1. The van der Waals surface area contributed by atoms with Crippen LogP contribution >= 0.6 is 22.6 Å². The summed E-state index contributed by atoms with van der Waals surface area (Å²) in [4.78, 5) is 21.1. The smallest absolute Gasteiger partial charge is 0.234 e. The van der Waals surface area contributed by atoms with Gasteiger partial charge in [-0.05, 0) is 66.2 Å². The van der Waals surface area contributed by atoms with Gasteiger partial charge < -0.3 is 0 Å². The summed E-state index contributed by atoms with van der Waals surface area (Å²) in [5.74, 6) is 2.72. The highest BCUT2D eigenvalue weighted by Gasteiger charge is 2.24. The highest BCUT2D eigenvalue weighted by Crippen LogP contribution is 2.33. The van der Waals surface area contributed by atoms with Crippen LogP contribution in [0.2, 0.25) is 0 Å². The van der Waals surface area contributed by atoms with E-state index < -0.39 is 0 Å². The fraction of sp³-hybridized carbons (Fsp3) is 0.194. The van der Waals surface area contributed by atoms with Crippen molar-refractivity contribution >= 4 is 28.4 Å². The molecule has 1 aliphatic heterocycles. The first-order valence-electron chi connectivity index (χ1n) is 13.5. The maximum Gasteiger partial charge on any atom is 0.234 e. The minimum Gasteiger partial charge on any atom is -0.299 e. The third-order valence-electron chi connectivity index (χ3n) is 7.49. The zero-order chi connectivity index (χ0) is 26.9. The number of fused-ring (bicyclic) bond motifs is 1. The molecule has 0 atom stereocenters. The molecule has 0 saturated carbocycles. The molecule has 0 radical (unpaired) electrons. The van der Waals surface area contributed by atoms with E-state index in [0.717, 1.165) is 75.9 Å². The van der Waals surface area contributed by atoms with Gasteiger partial charge in [0.15, 0.2) is 11.6 Å². The van der Waals surface area contributed by atoms with Crippen molar-refractivity contribution in [2.75, 3.05) is 13.1 Å². The van der Waals surface area contributed by atoms with Crippen molar-refractivity contribution in [2.45, 2.75) is 25.3 Å². The number of aromatic amines is 1. The van der Waals surface area contributed by atoms with E-state index >= 15 is 0 Å². The predicted molar refractivity (Wildman–Crippen MR) is 163 cm³/mol. The van der Waals surface area contributed by atoms with Gasteiger partial charge in [-0.15, -0.1) is 0 Å². The fourth-order valence-electron chi connectivity index (χ4n) is 5.43. The molecule has 8 nitrogen and oxygen atoms in total. The summed E-state index contributed by atoms with van der Waals surface area (Å²) >= 11 is 2.30. The molecule has 7 rings (SSSR count). The summed E-state index contributed by atoms with van der Waals surface area (Å²) < 4.78 is 3.17. The third-order valence-corrected chi connectivity index (χ3v) is 8.05. The van der Waals surface area contributed by atoms with Crippen LogP contribution in [0.1, 0.15) is 30.1 Å². The SMILES string of the molecule is Ic1cnc2nc(-c3ccc(CN4CCC(c5n[nH]c(-c6ccccn6)n5)CC4)cc3)c(-c3ccccc3)n2c1. The lowest BCUT2D eigenvalue weighted by molar-refractivity contribution is 0.202. The number of pyridine rings is 1. The van der Waals surface area contributed by atoms with Crippen LogP contribution in [-0.4, -0.2) is 52.5 Å². The minimum atomic E-state index is 0.371. The molecular weight excluding hydrogens is 611 g/mol. The van der Waals surface area contributed by atoms with E-state index in [4.69, 9.17) is 9.97 Å². The molecule has 1 saturated heterocycles. The quantitative estimate of drug-likeness (QED) is 0.218. The summed E-state index contributed by atoms with van der Waals surface area (Å²) in [6.07, 6.45) is 7.82. The van der Waals surface area contributed by atoms with Crippen LogP contribution in [0, 0.1) is 3.57 Å². The van der Waals surface area contributed by atoms with Crippen LogP contribution in [0.5, 0.6) is 0 Å². The van der Waals surface area contributed by atoms with Gasteiger partial charge in [0.1, 0.15) is 5.69 Å². The number of rotatable bonds is 6. The lowest BCUT2D eigenvalue weighted by atomic mass is 9.95. The summed E-state index contributed by atoms with van der Waals surface area (Å²) in [5, 5.41) is 7.57. The Bertz CT molecular complexity index is 1740. The van der Waals surface area contributed by atoms with Crippen LogP contribution in [0.15, 0.2) is 91.4 Å². The lowest BCUT2D eigenvalue weighted by Gasteiger charge is -2.30. The number of hydrogen-bond acceptors (Lipinski definition) is 6. The van der Waals surface area contributed by atoms with E-state index in [1.807, 2.05) is 30.5 Å². The van der Waals surface area contributed by atoms with E-state index in [2.05, 4.69) is 107 Å². The number of piperidine rings is 1. The second kappa shape index (κ2) is 10.9. The molecule has 198 valence electrons. The first-order valence-corrected chi connectivity index (χ1v) is 14.5. The average molecular weight is 639 g/mol. The molecule has 0 aliphatic carbocycles. The normalized spacial score (nSPS) is 14.6. The molecule has 9 heteroatoms. The maximum absolute atomic E-state index is 4.92. The Morgan fingerprint density at radius 1 is 0.850 bits per heavy atom. The van der Waals surface area contributed by atoms with Gasteiger partial charge in [0.05, 0.1) is 11.4 Å². The molecule has 5 heterocycles. The summed E-state index contributed by atoms with van der Waals surface area (Å²) in [7, 11) is 0. The van der Waals surface area contributed by atoms with Crippen molar-refractivity contribution in [3.63, 3.8) is 0 Å². The Labute approximate surface area is 245 Å². The van der Waals surface area contributed by atoms with Gasteiger partial charge in [-0.1, -0.05) is 60.7 Å². The van der Waals surface area contributed by atoms with Crippen molar-refractivity contribution in [2.24, 2.45) is 0 Å². The highest BCUT2D eigenvalue weighted by molar-refractivity contribution is 14.1. The Morgan fingerprint density at radius 2 is 1.65 bits per heavy atom. The molecule has 6 aromatic rings. The molecule has 0 spiro atoms. The number of imidazole rings is 1. The maximum atomic E-state index is 4.92. The second-order valence-corrected chi connectivity index (χ2v) is 11.4. The predicted octanol–water partition coefficient (Wildman–Crippen LogP) is 6.23. The molecule has 4 aromatic heterocycles. The standard InChI is InChI=1S/C31H27IN8/c32-25-18-34-31-35-27(28(40(31)20-25)23-6-2-1-3-7-23)22-11-9-21(10-12-22)19-39-16-13-24(14-17-39)29-36-30(38-37-29)26-8-4-5-15-33-26/h1-12,15,18,20,24H,13-14,16-17,19H2,(H,36,37,38). The fourth-order valence-corrected chi connectivity index (χ4v) is 5.85. The van der Waals surface area contributed by atoms with Gasteiger partial charge in [0.2, 0.25) is 5.78 Å². The molecule has 1 aliphatic rings. The molecule has 0 amide bonds. The second-order valence-electron chi connectivity index (χ2n) is 10.1. The molecule has 40 heavy (non-hydrogen) atoms. The van der Waals surface area contributed by atoms with Gasteiger partial charge in [-0.2, -0.15) is 5.10 Å². The zero-order valence-electron chi connectivity index (χ0n) is 21.8. The van der Waals surface area contributed by atoms with Crippen LogP contribution in [0.25, 0.3) is 39.8 Å². The zero-order valence-corrected chi connectivity index (χ0v) is 23.9. The van der Waals surface area contributed by atoms with Crippen LogP contribution in [0.3, 0.4) is 0 Å². The molecule has 2 aromatic carbocycles. The van der Waals surface area contributed by atoms with Crippen molar-refractivity contribution in [1.82, 2.24) is 39.4 Å². The number of likely N-dealkylation sites (tertiary alicyclic amines) is 1. The lowest BCUT2D eigenvalue weighted by Crippen LogP contribution is -2.32. The van der Waals surface area contributed by atoms with Gasteiger partial charge in [-0.3, -0.25) is 19.4 Å². The molecule has 0 bridgehead atoms. The molecular formula is C31H27IN8. The molecule has 1 N–H and O–H groups in total. The topological polar surface area (TPSA) is 87.9 Å². The van der Waals surface area contributed by atoms with E-state index in [9.17, 15) is 0 Å². The number of halogens is 1. The first-order chi connectivity index (χ1) is 19.7. The van der Waals surface area contributed by atoms with E-state index in [1.54, 1.807) is 6.20 Å². The van der Waals surface area contributed by atoms with E-state index in [0.29, 0.717) is 11.7 Å². The average Bonchev–Trinajstić information content (AvgIpc) is 3.65. The van der Waals surface area contributed by atoms with Gasteiger partial charge in [-0.25, -0.2) is 15.0 Å². The van der Waals surface area contributed by atoms with Crippen LogP contribution in [-0.2, 0) is 6.54 Å². The summed E-state index contributed by atoms with van der Waals surface area (Å²) in [5.41, 5.74) is 6.36. The Hall–Kier alpha value is -3.96. The van der Waals surface area contributed by atoms with Gasteiger partial charge in [0, 0.05) is 45.8 Å². The third kappa shape index (κ3) is 5.02. The number of benzene rings is 2. The van der Waals surface area contributed by atoms with Gasteiger partial charge >= 0.3 is 0 Å². The Balaban J connectivity index is 1.05. The Morgan fingerprint density at radius 3 is 2.42 bits per heavy atom. The van der Waals surface area contributed by atoms with Crippen LogP contribution in [0.4, 0.5) is 0 Å². The van der Waals surface area contributed by atoms with Gasteiger partial charge in [0.25, 0.3) is 0 Å². The van der Waals surface area contributed by atoms with Crippen molar-refractivity contribution < 1.29 is 0 Å². The number of H-pyrrole nitrogens is 1. The summed E-state index contributed by atoms with van der Waals surface area (Å²) in [6.45, 7) is 2.97. The van der Waals surface area contributed by atoms with Crippen LogP contribution < -0.4 is 0 Å². The minimum absolute atomic E-state index is 0.371. The van der Waals surface area contributed by atoms with Crippen molar-refractivity contribution in [3.8, 4) is 34.0 Å². The number of nitrogens with zero attached hydrogens (tertiary/aromatic N) is 7. The van der Waals surface area contributed by atoms with E-state index in [-0.39, 0.29) is 0 Å². The molecule has 1 fully saturated rings. The highest BCUT2D eigenvalue weighted by atomic mass is 127. The van der Waals surface area contributed by atoms with E-state index in [1.165, 1.54) is 5.56 Å². The largest absolute Gasteiger partial charge is 0.299 e.